The summed E-state index contributed by atoms with van der Waals surface area (Å²) in [6.07, 6.45) is 0. The smallest absolute Gasteiger partial charge is 0.251 e. The lowest BCUT2D eigenvalue weighted by atomic mass is 9.80. The van der Waals surface area contributed by atoms with Gasteiger partial charge in [0.25, 0.3) is 5.91 Å². The Hall–Kier alpha value is -1.06. The average molecular weight is 197 g/mol. The van der Waals surface area contributed by atoms with Gasteiger partial charge in [-0.05, 0) is 17.8 Å². The maximum atomic E-state index is 11.5. The molecule has 3 N–H and O–H groups in total. The van der Waals surface area contributed by atoms with Crippen LogP contribution in [0.15, 0.2) is 4.99 Å². The first-order valence-electron chi connectivity index (χ1n) is 5.07. The topological polar surface area (TPSA) is 67.5 Å². The maximum Gasteiger partial charge on any atom is 0.251 e. The molecule has 1 aliphatic rings. The Morgan fingerprint density at radius 3 is 2.07 bits per heavy atom. The summed E-state index contributed by atoms with van der Waals surface area (Å²) >= 11 is 0. The van der Waals surface area contributed by atoms with Gasteiger partial charge in [-0.3, -0.25) is 10.1 Å². The molecule has 0 aromatic carbocycles. The molecular weight excluding hydrogens is 178 g/mol. The largest absolute Gasteiger partial charge is 0.370 e. The van der Waals surface area contributed by atoms with Crippen molar-refractivity contribution >= 4 is 11.9 Å². The third-order valence-electron chi connectivity index (χ3n) is 2.70. The van der Waals surface area contributed by atoms with E-state index in [-0.39, 0.29) is 23.8 Å². The predicted molar refractivity (Wildman–Crippen MR) is 56.7 cm³/mol. The van der Waals surface area contributed by atoms with Gasteiger partial charge >= 0.3 is 0 Å². The lowest BCUT2D eigenvalue weighted by Crippen LogP contribution is -2.38. The zero-order valence-electron chi connectivity index (χ0n) is 9.24. The van der Waals surface area contributed by atoms with Crippen LogP contribution < -0.4 is 11.1 Å². The quantitative estimate of drug-likeness (QED) is 0.700. The minimum atomic E-state index is -0.296. The van der Waals surface area contributed by atoms with E-state index < -0.39 is 0 Å². The van der Waals surface area contributed by atoms with E-state index in [1.165, 1.54) is 0 Å². The second-order valence-corrected chi connectivity index (χ2v) is 4.51. The van der Waals surface area contributed by atoms with E-state index in [0.717, 1.165) is 0 Å². The second-order valence-electron chi connectivity index (χ2n) is 4.51. The molecule has 14 heavy (non-hydrogen) atoms. The Morgan fingerprint density at radius 1 is 1.29 bits per heavy atom. The molecule has 0 bridgehead atoms. The van der Waals surface area contributed by atoms with Gasteiger partial charge in [0.05, 0.1) is 0 Å². The molecule has 1 rings (SSSR count). The van der Waals surface area contributed by atoms with Crippen molar-refractivity contribution in [1.82, 2.24) is 5.32 Å². The average Bonchev–Trinajstić information content (AvgIpc) is 2.29. The van der Waals surface area contributed by atoms with Crippen LogP contribution in [0.3, 0.4) is 0 Å². The van der Waals surface area contributed by atoms with Crippen LogP contribution in [0.1, 0.15) is 27.7 Å². The standard InChI is InChI=1S/C10H19N3O/c1-5(2)7(6(3)4)8-9(14)13-10(11)12-8/h5-8H,1-4H3,(H3,11,12,13,14). The van der Waals surface area contributed by atoms with E-state index in [4.69, 9.17) is 5.73 Å². The Bertz CT molecular complexity index is 250. The Morgan fingerprint density at radius 2 is 1.79 bits per heavy atom. The van der Waals surface area contributed by atoms with Crippen LogP contribution in [0.4, 0.5) is 0 Å². The SMILES string of the molecule is CC(C)C(C(C)C)C1N=C(N)NC1=O. The zero-order chi connectivity index (χ0) is 10.9. The first-order valence-corrected chi connectivity index (χ1v) is 5.07. The third-order valence-corrected chi connectivity index (χ3v) is 2.70. The van der Waals surface area contributed by atoms with Crippen molar-refractivity contribution in [3.05, 3.63) is 0 Å². The molecule has 0 fully saturated rings. The summed E-state index contributed by atoms with van der Waals surface area (Å²) in [4.78, 5) is 15.7. The van der Waals surface area contributed by atoms with Crippen molar-refractivity contribution in [2.75, 3.05) is 0 Å². The fourth-order valence-corrected chi connectivity index (χ4v) is 2.20. The lowest BCUT2D eigenvalue weighted by Gasteiger charge is -2.27. The second kappa shape index (κ2) is 3.98. The van der Waals surface area contributed by atoms with Gasteiger partial charge in [-0.1, -0.05) is 27.7 Å². The Labute approximate surface area is 85.0 Å². The number of aliphatic imine (C=N–C) groups is 1. The molecule has 0 aliphatic carbocycles. The van der Waals surface area contributed by atoms with Crippen LogP contribution in [0.2, 0.25) is 0 Å². The normalized spacial score (nSPS) is 22.1. The number of hydrogen-bond acceptors (Lipinski definition) is 3. The van der Waals surface area contributed by atoms with E-state index in [1.54, 1.807) is 0 Å². The van der Waals surface area contributed by atoms with Crippen molar-refractivity contribution < 1.29 is 4.79 Å². The molecule has 0 radical (unpaired) electrons. The Kier molecular flexibility index (Phi) is 3.13. The van der Waals surface area contributed by atoms with E-state index in [9.17, 15) is 4.79 Å². The van der Waals surface area contributed by atoms with Crippen LogP contribution in [-0.4, -0.2) is 17.9 Å². The first kappa shape index (κ1) is 11.0. The fraction of sp³-hybridized carbons (Fsp3) is 0.800. The van der Waals surface area contributed by atoms with E-state index in [1.807, 2.05) is 0 Å². The number of rotatable bonds is 3. The summed E-state index contributed by atoms with van der Waals surface area (Å²) < 4.78 is 0. The molecule has 1 heterocycles. The minimum absolute atomic E-state index is 0.0603. The van der Waals surface area contributed by atoms with E-state index in [0.29, 0.717) is 11.8 Å². The summed E-state index contributed by atoms with van der Waals surface area (Å²) in [5, 5.41) is 2.55. The molecule has 80 valence electrons. The molecule has 0 spiro atoms. The van der Waals surface area contributed by atoms with Gasteiger partial charge in [0.15, 0.2) is 5.96 Å². The summed E-state index contributed by atoms with van der Waals surface area (Å²) in [5.41, 5.74) is 5.47. The number of hydrogen-bond donors (Lipinski definition) is 2. The maximum absolute atomic E-state index is 11.5. The van der Waals surface area contributed by atoms with Crippen molar-refractivity contribution in [2.45, 2.75) is 33.7 Å². The van der Waals surface area contributed by atoms with E-state index >= 15 is 0 Å². The van der Waals surface area contributed by atoms with Crippen LogP contribution >= 0.6 is 0 Å². The summed E-state index contributed by atoms with van der Waals surface area (Å²) in [6, 6.07) is -0.296. The predicted octanol–water partition coefficient (Wildman–Crippen LogP) is 0.728. The minimum Gasteiger partial charge on any atom is -0.370 e. The van der Waals surface area contributed by atoms with Crippen LogP contribution in [0.5, 0.6) is 0 Å². The van der Waals surface area contributed by atoms with Crippen molar-refractivity contribution in [3.63, 3.8) is 0 Å². The molecule has 4 heteroatoms. The molecule has 1 amide bonds. The summed E-state index contributed by atoms with van der Waals surface area (Å²) in [6.45, 7) is 8.45. The van der Waals surface area contributed by atoms with E-state index in [2.05, 4.69) is 38.0 Å². The number of carbonyl (C=O) groups is 1. The van der Waals surface area contributed by atoms with Crippen LogP contribution in [0, 0.1) is 17.8 Å². The Balaban J connectivity index is 2.84. The highest BCUT2D eigenvalue weighted by molar-refractivity contribution is 6.04. The van der Waals surface area contributed by atoms with Crippen LogP contribution in [0.25, 0.3) is 0 Å². The molecule has 0 saturated heterocycles. The van der Waals surface area contributed by atoms with Gasteiger partial charge < -0.3 is 5.73 Å². The number of carbonyl (C=O) groups excluding carboxylic acids is 1. The van der Waals surface area contributed by atoms with Gasteiger partial charge in [-0.2, -0.15) is 0 Å². The highest BCUT2D eigenvalue weighted by Gasteiger charge is 2.36. The first-order chi connectivity index (χ1) is 6.43. The molecule has 1 aliphatic heterocycles. The summed E-state index contributed by atoms with van der Waals surface area (Å²) in [7, 11) is 0. The molecule has 1 atom stereocenters. The van der Waals surface area contributed by atoms with Gasteiger partial charge in [0.1, 0.15) is 6.04 Å². The van der Waals surface area contributed by atoms with Crippen molar-refractivity contribution in [3.8, 4) is 0 Å². The molecular formula is C10H19N3O. The summed E-state index contributed by atoms with van der Waals surface area (Å²) in [5.74, 6) is 1.32. The third kappa shape index (κ3) is 2.05. The number of amides is 1. The number of nitrogens with one attached hydrogen (secondary N) is 1. The van der Waals surface area contributed by atoms with Crippen molar-refractivity contribution in [1.29, 1.82) is 0 Å². The lowest BCUT2D eigenvalue weighted by molar-refractivity contribution is -0.122. The van der Waals surface area contributed by atoms with Gasteiger partial charge in [0, 0.05) is 0 Å². The number of nitrogens with zero attached hydrogens (tertiary/aromatic N) is 1. The highest BCUT2D eigenvalue weighted by atomic mass is 16.2. The number of guanidine groups is 1. The van der Waals surface area contributed by atoms with Gasteiger partial charge in [-0.25, -0.2) is 4.99 Å². The molecule has 0 aromatic heterocycles. The fourth-order valence-electron chi connectivity index (χ4n) is 2.20. The highest BCUT2D eigenvalue weighted by Crippen LogP contribution is 2.27. The molecule has 0 saturated carbocycles. The molecule has 4 nitrogen and oxygen atoms in total. The number of nitrogens with two attached hydrogens (primary N) is 1. The van der Waals surface area contributed by atoms with Crippen LogP contribution in [-0.2, 0) is 4.79 Å². The van der Waals surface area contributed by atoms with Gasteiger partial charge in [-0.15, -0.1) is 0 Å². The van der Waals surface area contributed by atoms with Gasteiger partial charge in [0.2, 0.25) is 0 Å². The monoisotopic (exact) mass is 197 g/mol. The zero-order valence-corrected chi connectivity index (χ0v) is 9.24. The molecule has 1 unspecified atom stereocenters. The molecule has 0 aromatic rings. The van der Waals surface area contributed by atoms with Crippen molar-refractivity contribution in [2.24, 2.45) is 28.5 Å².